The van der Waals surface area contributed by atoms with Crippen LogP contribution < -0.4 is 10.6 Å². The lowest BCUT2D eigenvalue weighted by molar-refractivity contribution is 0.752. The van der Waals surface area contributed by atoms with Crippen molar-refractivity contribution in [1.29, 1.82) is 5.26 Å². The number of anilines is 1. The molecule has 4 heteroatoms. The van der Waals surface area contributed by atoms with Crippen LogP contribution >= 0.6 is 12.4 Å². The molecule has 0 aromatic heterocycles. The molecule has 1 aliphatic rings. The van der Waals surface area contributed by atoms with E-state index in [-0.39, 0.29) is 18.4 Å². The third-order valence-corrected chi connectivity index (χ3v) is 2.59. The van der Waals surface area contributed by atoms with Gasteiger partial charge in [-0.1, -0.05) is 12.1 Å². The third-order valence-electron chi connectivity index (χ3n) is 2.59. The van der Waals surface area contributed by atoms with E-state index in [0.717, 1.165) is 30.8 Å². The molecule has 1 aliphatic heterocycles. The first-order chi connectivity index (χ1) is 6.81. The zero-order chi connectivity index (χ0) is 9.97. The van der Waals surface area contributed by atoms with Crippen LogP contribution in [0.1, 0.15) is 12.0 Å². The van der Waals surface area contributed by atoms with Crippen molar-refractivity contribution >= 4 is 18.1 Å². The van der Waals surface area contributed by atoms with E-state index in [9.17, 15) is 0 Å². The molecule has 0 amide bonds. The minimum atomic E-state index is 0. The number of benzene rings is 1. The van der Waals surface area contributed by atoms with E-state index < -0.39 is 0 Å². The summed E-state index contributed by atoms with van der Waals surface area (Å²) >= 11 is 0. The zero-order valence-corrected chi connectivity index (χ0v) is 9.20. The smallest absolute Gasteiger partial charge is 0.101 e. The van der Waals surface area contributed by atoms with Crippen LogP contribution in [0.5, 0.6) is 0 Å². The summed E-state index contributed by atoms with van der Waals surface area (Å²) in [5.41, 5.74) is 7.58. The largest absolute Gasteiger partial charge is 0.369 e. The van der Waals surface area contributed by atoms with Crippen molar-refractivity contribution in [3.63, 3.8) is 0 Å². The average Bonchev–Trinajstić information content (AvgIpc) is 2.65. The normalized spacial score (nSPS) is 19.5. The fourth-order valence-electron chi connectivity index (χ4n) is 1.85. The van der Waals surface area contributed by atoms with Gasteiger partial charge in [-0.3, -0.25) is 0 Å². The van der Waals surface area contributed by atoms with Gasteiger partial charge in [0.1, 0.15) is 6.07 Å². The minimum absolute atomic E-state index is 0. The monoisotopic (exact) mass is 223 g/mol. The van der Waals surface area contributed by atoms with Gasteiger partial charge in [0.2, 0.25) is 0 Å². The molecule has 1 atom stereocenters. The Morgan fingerprint density at radius 2 is 2.13 bits per heavy atom. The van der Waals surface area contributed by atoms with E-state index in [1.54, 1.807) is 0 Å². The number of nitrogens with two attached hydrogens (primary N) is 1. The molecule has 0 saturated carbocycles. The van der Waals surface area contributed by atoms with Crippen LogP contribution in [0.25, 0.3) is 0 Å². The summed E-state index contributed by atoms with van der Waals surface area (Å²) in [7, 11) is 0. The van der Waals surface area contributed by atoms with Crippen LogP contribution in [0, 0.1) is 11.3 Å². The van der Waals surface area contributed by atoms with Crippen LogP contribution in [0.2, 0.25) is 0 Å². The number of hydrogen-bond acceptors (Lipinski definition) is 3. The summed E-state index contributed by atoms with van der Waals surface area (Å²) in [5, 5.41) is 8.94. The lowest BCUT2D eigenvalue weighted by atomic mass is 10.2. The maximum atomic E-state index is 8.94. The number of halogens is 1. The number of nitrogens with zero attached hydrogens (tertiary/aromatic N) is 2. The molecule has 0 spiro atoms. The second kappa shape index (κ2) is 5.01. The van der Waals surface area contributed by atoms with Crippen molar-refractivity contribution < 1.29 is 0 Å². The SMILES string of the molecule is Cl.N#Cc1ccccc1N1CC[C@H](N)C1. The molecule has 1 aromatic carbocycles. The highest BCUT2D eigenvalue weighted by molar-refractivity contribution is 5.85. The molecule has 1 fully saturated rings. The maximum absolute atomic E-state index is 8.94. The first-order valence-electron chi connectivity index (χ1n) is 4.81. The second-order valence-electron chi connectivity index (χ2n) is 3.62. The molecule has 0 bridgehead atoms. The molecule has 2 N–H and O–H groups in total. The Morgan fingerprint density at radius 3 is 2.73 bits per heavy atom. The van der Waals surface area contributed by atoms with Gasteiger partial charge in [-0.05, 0) is 18.6 Å². The van der Waals surface area contributed by atoms with Crippen LogP contribution in [0.15, 0.2) is 24.3 Å². The van der Waals surface area contributed by atoms with Crippen LogP contribution in [-0.2, 0) is 0 Å². The van der Waals surface area contributed by atoms with Crippen molar-refractivity contribution in [3.8, 4) is 6.07 Å². The highest BCUT2D eigenvalue weighted by Gasteiger charge is 2.20. The van der Waals surface area contributed by atoms with Crippen LogP contribution in [-0.4, -0.2) is 19.1 Å². The lowest BCUT2D eigenvalue weighted by Crippen LogP contribution is -2.26. The van der Waals surface area contributed by atoms with Gasteiger partial charge in [0.15, 0.2) is 0 Å². The number of nitriles is 1. The topological polar surface area (TPSA) is 53.0 Å². The first kappa shape index (κ1) is 11.8. The molecular weight excluding hydrogens is 210 g/mol. The predicted octanol–water partition coefficient (Wildman–Crippen LogP) is 1.52. The molecule has 1 aromatic rings. The summed E-state index contributed by atoms with van der Waals surface area (Å²) in [4.78, 5) is 2.18. The highest BCUT2D eigenvalue weighted by Crippen LogP contribution is 2.23. The van der Waals surface area contributed by atoms with Gasteiger partial charge >= 0.3 is 0 Å². The molecule has 15 heavy (non-hydrogen) atoms. The minimum Gasteiger partial charge on any atom is -0.369 e. The van der Waals surface area contributed by atoms with Gasteiger partial charge in [-0.15, -0.1) is 12.4 Å². The summed E-state index contributed by atoms with van der Waals surface area (Å²) in [5.74, 6) is 0. The van der Waals surface area contributed by atoms with Gasteiger partial charge in [-0.2, -0.15) is 5.26 Å². The molecule has 1 saturated heterocycles. The van der Waals surface area contributed by atoms with Gasteiger partial charge in [-0.25, -0.2) is 0 Å². The van der Waals surface area contributed by atoms with Gasteiger partial charge in [0.25, 0.3) is 0 Å². The standard InChI is InChI=1S/C11H13N3.ClH/c12-7-9-3-1-2-4-11(9)14-6-5-10(13)8-14;/h1-4,10H,5-6,8,13H2;1H/t10-;/m0./s1. The summed E-state index contributed by atoms with van der Waals surface area (Å²) in [6.45, 7) is 1.82. The van der Waals surface area contributed by atoms with Crippen molar-refractivity contribution in [1.82, 2.24) is 0 Å². The average molecular weight is 224 g/mol. The molecule has 80 valence electrons. The molecule has 0 unspecified atom stereocenters. The van der Waals surface area contributed by atoms with Crippen LogP contribution in [0.4, 0.5) is 5.69 Å². The Kier molecular flexibility index (Phi) is 3.96. The lowest BCUT2D eigenvalue weighted by Gasteiger charge is -2.18. The molecule has 3 nitrogen and oxygen atoms in total. The number of para-hydroxylation sites is 1. The summed E-state index contributed by atoms with van der Waals surface area (Å²) < 4.78 is 0. The fraction of sp³-hybridized carbons (Fsp3) is 0.364. The van der Waals surface area contributed by atoms with E-state index in [2.05, 4.69) is 11.0 Å². The predicted molar refractivity (Wildman–Crippen MR) is 63.2 cm³/mol. The Labute approximate surface area is 95.9 Å². The Morgan fingerprint density at radius 1 is 1.40 bits per heavy atom. The maximum Gasteiger partial charge on any atom is 0.101 e. The number of hydrogen-bond donors (Lipinski definition) is 1. The first-order valence-corrected chi connectivity index (χ1v) is 4.81. The van der Waals surface area contributed by atoms with Crippen LogP contribution in [0.3, 0.4) is 0 Å². The van der Waals surface area contributed by atoms with Gasteiger partial charge in [0, 0.05) is 19.1 Å². The van der Waals surface area contributed by atoms with E-state index in [1.807, 2.05) is 24.3 Å². The molecule has 0 radical (unpaired) electrons. The molecule has 2 rings (SSSR count). The third kappa shape index (κ3) is 2.41. The quantitative estimate of drug-likeness (QED) is 0.786. The van der Waals surface area contributed by atoms with Crippen molar-refractivity contribution in [2.75, 3.05) is 18.0 Å². The zero-order valence-electron chi connectivity index (χ0n) is 8.39. The highest BCUT2D eigenvalue weighted by atomic mass is 35.5. The number of rotatable bonds is 1. The van der Waals surface area contributed by atoms with E-state index in [1.165, 1.54) is 0 Å². The van der Waals surface area contributed by atoms with Gasteiger partial charge in [0.05, 0.1) is 11.3 Å². The van der Waals surface area contributed by atoms with Crippen molar-refractivity contribution in [2.45, 2.75) is 12.5 Å². The molecule has 1 heterocycles. The molecular formula is C11H14ClN3. The Bertz CT molecular complexity index is 372. The Hall–Kier alpha value is -1.24. The fourth-order valence-corrected chi connectivity index (χ4v) is 1.85. The van der Waals surface area contributed by atoms with Crippen molar-refractivity contribution in [2.24, 2.45) is 5.73 Å². The van der Waals surface area contributed by atoms with Crippen molar-refractivity contribution in [3.05, 3.63) is 29.8 Å². The Balaban J connectivity index is 0.00000112. The molecule has 0 aliphatic carbocycles. The van der Waals surface area contributed by atoms with E-state index in [0.29, 0.717) is 0 Å². The summed E-state index contributed by atoms with van der Waals surface area (Å²) in [6, 6.07) is 10.1. The second-order valence-corrected chi connectivity index (χ2v) is 3.62. The van der Waals surface area contributed by atoms with E-state index in [4.69, 9.17) is 11.0 Å². The van der Waals surface area contributed by atoms with E-state index >= 15 is 0 Å². The van der Waals surface area contributed by atoms with Gasteiger partial charge < -0.3 is 10.6 Å². The summed E-state index contributed by atoms with van der Waals surface area (Å²) in [6.07, 6.45) is 1.01.